The number of rotatable bonds is 6. The number of piperidine rings is 1. The second-order valence-electron chi connectivity index (χ2n) is 10.5. The average molecular weight is 518 g/mol. The number of amides is 1. The van der Waals surface area contributed by atoms with E-state index >= 15 is 0 Å². The summed E-state index contributed by atoms with van der Waals surface area (Å²) in [5.74, 6) is 0.278. The molecule has 0 saturated carbocycles. The monoisotopic (exact) mass is 517 g/mol. The summed E-state index contributed by atoms with van der Waals surface area (Å²) < 4.78 is 0. The largest absolute Gasteiger partial charge is 0.507 e. The lowest BCUT2D eigenvalue weighted by atomic mass is 9.85. The summed E-state index contributed by atoms with van der Waals surface area (Å²) in [6, 6.07) is 27.5. The Balaban J connectivity index is 1.11. The molecule has 0 aliphatic carbocycles. The van der Waals surface area contributed by atoms with Crippen molar-refractivity contribution >= 4 is 16.8 Å². The number of aliphatic hydroxyl groups is 1. The van der Waals surface area contributed by atoms with Crippen LogP contribution in [0.5, 0.6) is 5.75 Å². The summed E-state index contributed by atoms with van der Waals surface area (Å²) in [6.45, 7) is 1.12. The Morgan fingerprint density at radius 3 is 2.38 bits per heavy atom. The van der Waals surface area contributed by atoms with Gasteiger partial charge in [-0.25, -0.2) is 0 Å². The van der Waals surface area contributed by atoms with Crippen LogP contribution in [0.3, 0.4) is 0 Å². The van der Waals surface area contributed by atoms with Gasteiger partial charge in [0.2, 0.25) is 5.91 Å². The van der Waals surface area contributed by atoms with E-state index in [9.17, 15) is 15.0 Å². The molecule has 0 spiro atoms. The second-order valence-corrected chi connectivity index (χ2v) is 10.5. The molecule has 39 heavy (non-hydrogen) atoms. The van der Waals surface area contributed by atoms with Crippen molar-refractivity contribution in [1.82, 2.24) is 14.9 Å². The zero-order chi connectivity index (χ0) is 26.8. The molecule has 0 unspecified atom stereocenters. The van der Waals surface area contributed by atoms with Gasteiger partial charge in [0.25, 0.3) is 0 Å². The molecule has 196 valence electrons. The molecule has 2 aromatic heterocycles. The van der Waals surface area contributed by atoms with Gasteiger partial charge in [0.15, 0.2) is 0 Å². The summed E-state index contributed by atoms with van der Waals surface area (Å²) in [7, 11) is 0. The molecule has 1 amide bonds. The summed E-state index contributed by atoms with van der Waals surface area (Å²) in [5, 5.41) is 23.2. The quantitative estimate of drug-likeness (QED) is 0.268. The minimum Gasteiger partial charge on any atom is -0.507 e. The number of fused-ring (bicyclic) bond motifs is 1. The SMILES string of the molecule is O=C(Cc1ccc(-c2cccc(-c3cc4ccncc4[nH]3)c2O)cc1)N1CCC(O)(Cc2ccccc2)CC1. The molecule has 0 atom stereocenters. The van der Waals surface area contributed by atoms with Crippen LogP contribution >= 0.6 is 0 Å². The first-order valence-electron chi connectivity index (χ1n) is 13.4. The molecule has 0 radical (unpaired) electrons. The molecule has 6 nitrogen and oxygen atoms in total. The zero-order valence-electron chi connectivity index (χ0n) is 21.7. The number of nitrogens with zero attached hydrogens (tertiary/aromatic N) is 2. The van der Waals surface area contributed by atoms with Crippen LogP contribution in [-0.4, -0.2) is 49.7 Å². The van der Waals surface area contributed by atoms with E-state index in [4.69, 9.17) is 0 Å². The highest BCUT2D eigenvalue weighted by molar-refractivity contribution is 5.89. The number of phenolic OH excluding ortho intramolecular Hbond substituents is 1. The Labute approximate surface area is 227 Å². The lowest BCUT2D eigenvalue weighted by Gasteiger charge is -2.38. The van der Waals surface area contributed by atoms with Crippen LogP contribution in [0.25, 0.3) is 33.3 Å². The van der Waals surface area contributed by atoms with E-state index < -0.39 is 5.60 Å². The fourth-order valence-corrected chi connectivity index (χ4v) is 5.52. The van der Waals surface area contributed by atoms with Gasteiger partial charge in [-0.15, -0.1) is 0 Å². The van der Waals surface area contributed by atoms with E-state index in [2.05, 4.69) is 9.97 Å². The first-order chi connectivity index (χ1) is 19.0. The average Bonchev–Trinajstić information content (AvgIpc) is 3.39. The van der Waals surface area contributed by atoms with Crippen molar-refractivity contribution in [2.45, 2.75) is 31.3 Å². The van der Waals surface area contributed by atoms with Crippen molar-refractivity contribution in [3.63, 3.8) is 0 Å². The first kappa shape index (κ1) is 24.9. The number of aromatic amines is 1. The second kappa shape index (κ2) is 10.4. The predicted molar refractivity (Wildman–Crippen MR) is 153 cm³/mol. The maximum atomic E-state index is 13.0. The number of hydrogen-bond donors (Lipinski definition) is 3. The molecule has 5 aromatic rings. The Hall–Kier alpha value is -4.42. The molecule has 1 fully saturated rings. The molecular weight excluding hydrogens is 486 g/mol. The number of nitrogens with one attached hydrogen (secondary N) is 1. The predicted octanol–water partition coefficient (Wildman–Crippen LogP) is 5.74. The fourth-order valence-electron chi connectivity index (χ4n) is 5.52. The van der Waals surface area contributed by atoms with Crippen LogP contribution in [0, 0.1) is 0 Å². The van der Waals surface area contributed by atoms with Crippen molar-refractivity contribution in [3.05, 3.63) is 108 Å². The third-order valence-corrected chi connectivity index (χ3v) is 7.79. The Kier molecular flexibility index (Phi) is 6.63. The van der Waals surface area contributed by atoms with Crippen molar-refractivity contribution in [3.8, 4) is 28.1 Å². The number of likely N-dealkylation sites (tertiary alicyclic amines) is 1. The number of aromatic hydroxyl groups is 1. The molecule has 3 N–H and O–H groups in total. The normalized spacial score (nSPS) is 14.9. The van der Waals surface area contributed by atoms with Crippen molar-refractivity contribution < 1.29 is 15.0 Å². The number of aromatic nitrogens is 2. The van der Waals surface area contributed by atoms with Gasteiger partial charge >= 0.3 is 0 Å². The number of phenols is 1. The minimum absolute atomic E-state index is 0.0719. The topological polar surface area (TPSA) is 89.5 Å². The molecule has 1 aliphatic heterocycles. The van der Waals surface area contributed by atoms with E-state index in [0.29, 0.717) is 38.8 Å². The van der Waals surface area contributed by atoms with Crippen LogP contribution in [-0.2, 0) is 17.6 Å². The number of H-pyrrole nitrogens is 1. The third-order valence-electron chi connectivity index (χ3n) is 7.79. The highest BCUT2D eigenvalue weighted by Crippen LogP contribution is 2.38. The van der Waals surface area contributed by atoms with Gasteiger partial charge in [-0.2, -0.15) is 0 Å². The molecule has 0 bridgehead atoms. The number of hydrogen-bond acceptors (Lipinski definition) is 4. The van der Waals surface area contributed by atoms with Crippen LogP contribution in [0.2, 0.25) is 0 Å². The lowest BCUT2D eigenvalue weighted by molar-refractivity contribution is -0.134. The Morgan fingerprint density at radius 1 is 0.897 bits per heavy atom. The van der Waals surface area contributed by atoms with Crippen molar-refractivity contribution in [1.29, 1.82) is 0 Å². The van der Waals surface area contributed by atoms with Gasteiger partial charge in [-0.3, -0.25) is 9.78 Å². The Bertz CT molecular complexity index is 1570. The first-order valence-corrected chi connectivity index (χ1v) is 13.4. The maximum Gasteiger partial charge on any atom is 0.226 e. The summed E-state index contributed by atoms with van der Waals surface area (Å²) >= 11 is 0. The van der Waals surface area contributed by atoms with Crippen molar-refractivity contribution in [2.75, 3.05) is 13.1 Å². The summed E-state index contributed by atoms with van der Waals surface area (Å²) in [4.78, 5) is 22.4. The Morgan fingerprint density at radius 2 is 1.64 bits per heavy atom. The zero-order valence-corrected chi connectivity index (χ0v) is 21.7. The van der Waals surface area contributed by atoms with Crippen molar-refractivity contribution in [2.24, 2.45) is 0 Å². The highest BCUT2D eigenvalue weighted by Gasteiger charge is 2.33. The summed E-state index contributed by atoms with van der Waals surface area (Å²) in [5.41, 5.74) is 5.36. The summed E-state index contributed by atoms with van der Waals surface area (Å²) in [6.07, 6.45) is 5.60. The van der Waals surface area contributed by atoms with Gasteiger partial charge in [0.1, 0.15) is 5.75 Å². The third kappa shape index (κ3) is 5.29. The highest BCUT2D eigenvalue weighted by atomic mass is 16.3. The number of para-hydroxylation sites is 1. The van der Waals surface area contributed by atoms with Crippen LogP contribution in [0.4, 0.5) is 0 Å². The van der Waals surface area contributed by atoms with E-state index in [1.54, 1.807) is 12.4 Å². The standard InChI is InChI=1S/C33H31N3O3/c37-31(36-17-14-33(39,15-18-36)21-24-5-2-1-3-6-24)19-23-9-11-25(12-10-23)27-7-4-8-28(32(27)38)29-20-26-13-16-34-22-30(26)35-29/h1-13,16,20,22,35,38-39H,14-15,17-19,21H2. The molecule has 3 aromatic carbocycles. The van der Waals surface area contributed by atoms with E-state index in [-0.39, 0.29) is 11.7 Å². The van der Waals surface area contributed by atoms with Gasteiger partial charge in [0.05, 0.1) is 29.4 Å². The molecule has 3 heterocycles. The van der Waals surface area contributed by atoms with E-state index in [0.717, 1.165) is 44.4 Å². The maximum absolute atomic E-state index is 13.0. The van der Waals surface area contributed by atoms with Gasteiger partial charge in [-0.1, -0.05) is 66.7 Å². The molecule has 6 rings (SSSR count). The molecule has 6 heteroatoms. The smallest absolute Gasteiger partial charge is 0.226 e. The number of carbonyl (C=O) groups excluding carboxylic acids is 1. The number of benzene rings is 3. The van der Waals surface area contributed by atoms with Gasteiger partial charge < -0.3 is 20.1 Å². The molecule has 1 saturated heterocycles. The fraction of sp³-hybridized carbons (Fsp3) is 0.212. The number of carbonyl (C=O) groups is 1. The van der Waals surface area contributed by atoms with Gasteiger partial charge in [0, 0.05) is 42.2 Å². The number of pyridine rings is 1. The molecule has 1 aliphatic rings. The lowest BCUT2D eigenvalue weighted by Crippen LogP contribution is -2.48. The van der Waals surface area contributed by atoms with E-state index in [1.165, 1.54) is 0 Å². The van der Waals surface area contributed by atoms with Crippen LogP contribution in [0.1, 0.15) is 24.0 Å². The van der Waals surface area contributed by atoms with Crippen LogP contribution in [0.15, 0.2) is 97.3 Å². The van der Waals surface area contributed by atoms with Crippen LogP contribution < -0.4 is 0 Å². The van der Waals surface area contributed by atoms with Gasteiger partial charge in [-0.05, 0) is 47.7 Å². The molecular formula is C33H31N3O3. The minimum atomic E-state index is -0.764. The van der Waals surface area contributed by atoms with E-state index in [1.807, 2.05) is 89.8 Å².